The molecule has 40 heavy (non-hydrogen) atoms. The molecule has 3 heterocycles. The zero-order valence-electron chi connectivity index (χ0n) is 22.6. The Bertz CT molecular complexity index is 1260. The van der Waals surface area contributed by atoms with Crippen molar-refractivity contribution in [2.75, 3.05) is 52.7 Å². The molecule has 2 aromatic carbocycles. The molecule has 4 aliphatic rings. The van der Waals surface area contributed by atoms with Gasteiger partial charge in [0.15, 0.2) is 11.5 Å². The highest BCUT2D eigenvalue weighted by atomic mass is 19.1. The third kappa shape index (κ3) is 5.83. The van der Waals surface area contributed by atoms with E-state index >= 15 is 0 Å². The van der Waals surface area contributed by atoms with E-state index in [4.69, 9.17) is 19.3 Å². The van der Waals surface area contributed by atoms with Crippen molar-refractivity contribution in [1.29, 1.82) is 0 Å². The van der Waals surface area contributed by atoms with E-state index in [1.165, 1.54) is 17.1 Å². The van der Waals surface area contributed by atoms with Crippen molar-refractivity contribution in [3.8, 4) is 11.5 Å². The Labute approximate surface area is 233 Å². The fourth-order valence-electron chi connectivity index (χ4n) is 5.96. The summed E-state index contributed by atoms with van der Waals surface area (Å²) >= 11 is 0. The second-order valence-corrected chi connectivity index (χ2v) is 10.8. The summed E-state index contributed by atoms with van der Waals surface area (Å²) in [5.41, 5.74) is 2.31. The van der Waals surface area contributed by atoms with Crippen molar-refractivity contribution < 1.29 is 28.2 Å². The Morgan fingerprint density at radius 3 is 2.52 bits per heavy atom. The van der Waals surface area contributed by atoms with Gasteiger partial charge in [-0.3, -0.25) is 14.5 Å². The fourth-order valence-corrected chi connectivity index (χ4v) is 5.96. The number of amides is 2. The highest BCUT2D eigenvalue weighted by Crippen LogP contribution is 2.39. The molecular formula is C30H35FN4O5. The second kappa shape index (κ2) is 11.9. The van der Waals surface area contributed by atoms with Gasteiger partial charge in [-0.2, -0.15) is 5.10 Å². The number of rotatable bonds is 8. The average Bonchev–Trinajstić information content (AvgIpc) is 3.76. The number of hydrogen-bond donors (Lipinski definition) is 0. The summed E-state index contributed by atoms with van der Waals surface area (Å²) in [6.45, 7) is 4.31. The number of morpholine rings is 1. The summed E-state index contributed by atoms with van der Waals surface area (Å²) in [5.74, 6) is 0.746. The maximum atomic E-state index is 14.0. The Morgan fingerprint density at radius 2 is 1.75 bits per heavy atom. The first-order valence-electron chi connectivity index (χ1n) is 14.2. The van der Waals surface area contributed by atoms with E-state index in [2.05, 4.69) is 4.90 Å². The first-order valence-corrected chi connectivity index (χ1v) is 14.2. The standard InChI is InChI=1S/C30H35FN4O5/c31-24-8-5-21(6-9-24)25-18-26(23-7-10-27-28(17-23)40-20-39-27)35(32-25)29(36)19-34(30(37)22-3-1-2-4-22)12-11-33-13-15-38-16-14-33/h5-10,17,22,26H,1-4,11-16,18-20H2/t26-/m0/s1. The number of ether oxygens (including phenoxy) is 3. The van der Waals surface area contributed by atoms with Crippen LogP contribution in [0.1, 0.15) is 49.3 Å². The van der Waals surface area contributed by atoms with Gasteiger partial charge < -0.3 is 19.1 Å². The Kier molecular flexibility index (Phi) is 7.97. The highest BCUT2D eigenvalue weighted by Gasteiger charge is 2.36. The zero-order chi connectivity index (χ0) is 27.5. The van der Waals surface area contributed by atoms with Crippen LogP contribution in [0, 0.1) is 11.7 Å². The van der Waals surface area contributed by atoms with Gasteiger partial charge in [-0.15, -0.1) is 0 Å². The second-order valence-electron chi connectivity index (χ2n) is 10.8. The van der Waals surface area contributed by atoms with Crippen LogP contribution < -0.4 is 9.47 Å². The Morgan fingerprint density at radius 1 is 1.00 bits per heavy atom. The predicted molar refractivity (Wildman–Crippen MR) is 146 cm³/mol. The number of carbonyl (C=O) groups is 2. The molecule has 1 saturated heterocycles. The number of benzene rings is 2. The van der Waals surface area contributed by atoms with Crippen LogP contribution in [0.2, 0.25) is 0 Å². The first kappa shape index (κ1) is 26.7. The van der Waals surface area contributed by atoms with Crippen LogP contribution in [0.15, 0.2) is 47.6 Å². The van der Waals surface area contributed by atoms with Crippen molar-refractivity contribution in [2.24, 2.45) is 11.0 Å². The van der Waals surface area contributed by atoms with Gasteiger partial charge in [0, 0.05) is 38.5 Å². The fraction of sp³-hybridized carbons (Fsp3) is 0.500. The molecule has 9 nitrogen and oxygen atoms in total. The quantitative estimate of drug-likeness (QED) is 0.500. The summed E-state index contributed by atoms with van der Waals surface area (Å²) in [5, 5.41) is 6.24. The number of carbonyl (C=O) groups excluding carboxylic acids is 2. The average molecular weight is 551 g/mol. The lowest BCUT2D eigenvalue weighted by molar-refractivity contribution is -0.144. The number of hydrogen-bond acceptors (Lipinski definition) is 7. The lowest BCUT2D eigenvalue weighted by atomic mass is 9.98. The van der Waals surface area contributed by atoms with Crippen LogP contribution in [0.5, 0.6) is 11.5 Å². The van der Waals surface area contributed by atoms with Gasteiger partial charge in [-0.05, 0) is 48.2 Å². The zero-order valence-corrected chi connectivity index (χ0v) is 22.6. The van der Waals surface area contributed by atoms with Crippen molar-refractivity contribution in [3.05, 3.63) is 59.4 Å². The maximum absolute atomic E-state index is 14.0. The SMILES string of the molecule is O=C(C1CCCC1)N(CCN1CCOCC1)CC(=O)N1N=C(c2ccc(F)cc2)C[C@H]1c1ccc2c(c1)OCO2. The third-order valence-corrected chi connectivity index (χ3v) is 8.26. The molecule has 2 aromatic rings. The van der Waals surface area contributed by atoms with Crippen LogP contribution in [0.3, 0.4) is 0 Å². The predicted octanol–water partition coefficient (Wildman–Crippen LogP) is 3.58. The van der Waals surface area contributed by atoms with Crippen LogP contribution in [-0.2, 0) is 14.3 Å². The molecule has 212 valence electrons. The van der Waals surface area contributed by atoms with Gasteiger partial charge in [0.2, 0.25) is 12.7 Å². The molecule has 2 amide bonds. The van der Waals surface area contributed by atoms with Gasteiger partial charge in [0.25, 0.3) is 5.91 Å². The minimum atomic E-state index is -0.385. The lowest BCUT2D eigenvalue weighted by Gasteiger charge is -2.32. The van der Waals surface area contributed by atoms with Crippen molar-refractivity contribution in [3.63, 3.8) is 0 Å². The van der Waals surface area contributed by atoms with Crippen molar-refractivity contribution >= 4 is 17.5 Å². The van der Waals surface area contributed by atoms with Crippen molar-refractivity contribution in [2.45, 2.75) is 38.1 Å². The van der Waals surface area contributed by atoms with Gasteiger partial charge in [0.05, 0.1) is 25.0 Å². The van der Waals surface area contributed by atoms with E-state index in [-0.39, 0.29) is 42.9 Å². The number of fused-ring (bicyclic) bond motifs is 1. The number of hydrazone groups is 1. The molecular weight excluding hydrogens is 515 g/mol. The molecule has 6 rings (SSSR count). The molecule has 1 saturated carbocycles. The molecule has 0 N–H and O–H groups in total. The van der Waals surface area contributed by atoms with E-state index in [0.717, 1.165) is 49.9 Å². The monoisotopic (exact) mass is 550 g/mol. The van der Waals surface area contributed by atoms with Gasteiger partial charge in [0.1, 0.15) is 12.4 Å². The van der Waals surface area contributed by atoms with E-state index in [1.54, 1.807) is 17.0 Å². The molecule has 3 aliphatic heterocycles. The molecule has 0 aromatic heterocycles. The molecule has 0 bridgehead atoms. The Hall–Kier alpha value is -3.50. The van der Waals surface area contributed by atoms with Crippen LogP contribution >= 0.6 is 0 Å². The highest BCUT2D eigenvalue weighted by molar-refractivity contribution is 6.03. The molecule has 0 radical (unpaired) electrons. The van der Waals surface area contributed by atoms with Crippen molar-refractivity contribution in [1.82, 2.24) is 14.8 Å². The molecule has 10 heteroatoms. The lowest BCUT2D eigenvalue weighted by Crippen LogP contribution is -2.47. The maximum Gasteiger partial charge on any atom is 0.262 e. The minimum absolute atomic E-state index is 0.0287. The van der Waals surface area contributed by atoms with Gasteiger partial charge in [-0.1, -0.05) is 31.0 Å². The normalized spacial score (nSPS) is 21.1. The van der Waals surface area contributed by atoms with E-state index in [9.17, 15) is 14.0 Å². The summed E-state index contributed by atoms with van der Waals surface area (Å²) in [6, 6.07) is 11.4. The molecule has 0 unspecified atom stereocenters. The molecule has 0 spiro atoms. The smallest absolute Gasteiger partial charge is 0.262 e. The van der Waals surface area contributed by atoms with Crippen LogP contribution in [0.25, 0.3) is 0 Å². The summed E-state index contributed by atoms with van der Waals surface area (Å²) < 4.78 is 30.2. The topological polar surface area (TPSA) is 83.9 Å². The van der Waals surface area contributed by atoms with Crippen LogP contribution in [0.4, 0.5) is 4.39 Å². The minimum Gasteiger partial charge on any atom is -0.454 e. The summed E-state index contributed by atoms with van der Waals surface area (Å²) in [4.78, 5) is 31.5. The summed E-state index contributed by atoms with van der Waals surface area (Å²) in [7, 11) is 0. The van der Waals surface area contributed by atoms with E-state index < -0.39 is 0 Å². The van der Waals surface area contributed by atoms with Gasteiger partial charge in [-0.25, -0.2) is 9.40 Å². The first-order chi connectivity index (χ1) is 19.5. The molecule has 1 aliphatic carbocycles. The van der Waals surface area contributed by atoms with E-state index in [0.29, 0.717) is 49.9 Å². The molecule has 1 atom stereocenters. The van der Waals surface area contributed by atoms with Crippen LogP contribution in [-0.4, -0.2) is 85.1 Å². The number of nitrogens with zero attached hydrogens (tertiary/aromatic N) is 4. The summed E-state index contributed by atoms with van der Waals surface area (Å²) in [6.07, 6.45) is 4.30. The molecule has 2 fully saturated rings. The number of halogens is 1. The largest absolute Gasteiger partial charge is 0.454 e. The van der Waals surface area contributed by atoms with Gasteiger partial charge >= 0.3 is 0 Å². The third-order valence-electron chi connectivity index (χ3n) is 8.26. The Balaban J connectivity index is 1.25. The van der Waals surface area contributed by atoms with E-state index in [1.807, 2.05) is 18.2 Å².